The molecule has 0 bridgehead atoms. The van der Waals surface area contributed by atoms with Crippen molar-refractivity contribution >= 4 is 45.3 Å². The van der Waals surface area contributed by atoms with Gasteiger partial charge in [-0.15, -0.1) is 0 Å². The normalized spacial score (nSPS) is 10.9. The largest absolute Gasteiger partial charge is 0.493 e. The molecule has 0 atom stereocenters. The Morgan fingerprint density at radius 2 is 1.07 bits per heavy atom. The number of para-hydroxylation sites is 2. The van der Waals surface area contributed by atoms with E-state index < -0.39 is 11.8 Å². The van der Waals surface area contributed by atoms with E-state index in [-0.39, 0.29) is 41.9 Å². The van der Waals surface area contributed by atoms with Crippen LogP contribution >= 0.6 is 0 Å². The molecular weight excluding hydrogens is 588 g/mol. The molecular formula is C33H36N8O5. The van der Waals surface area contributed by atoms with E-state index in [2.05, 4.69) is 25.6 Å². The number of carbonyl (C=O) groups is 2. The van der Waals surface area contributed by atoms with Gasteiger partial charge >= 0.3 is 0 Å². The average Bonchev–Trinajstić information content (AvgIpc) is 3.07. The first kappa shape index (κ1) is 32.0. The van der Waals surface area contributed by atoms with Crippen molar-refractivity contribution in [1.29, 1.82) is 0 Å². The van der Waals surface area contributed by atoms with E-state index in [0.29, 0.717) is 61.7 Å². The van der Waals surface area contributed by atoms with Crippen LogP contribution in [0, 0.1) is 0 Å². The molecule has 0 fully saturated rings. The number of nitrogens with zero attached hydrogens (tertiary/aromatic N) is 3. The van der Waals surface area contributed by atoms with Crippen LogP contribution in [0.5, 0.6) is 17.2 Å². The Bertz CT molecular complexity index is 1710. The number of rotatable bonds is 15. The number of nitrogens with two attached hydrogens (primary N) is 3. The van der Waals surface area contributed by atoms with E-state index in [1.165, 1.54) is 12.1 Å². The number of amides is 2. The van der Waals surface area contributed by atoms with Crippen LogP contribution in [0.4, 0.5) is 11.6 Å². The van der Waals surface area contributed by atoms with Gasteiger partial charge in [0, 0.05) is 41.6 Å². The maximum atomic E-state index is 13.5. The highest BCUT2D eigenvalue weighted by Crippen LogP contribution is 2.29. The van der Waals surface area contributed by atoms with Crippen molar-refractivity contribution in [3.05, 3.63) is 84.2 Å². The standard InChI is InChI=1S/C33H36N8O5/c34-11-5-14-45-28-19-30(38-24-9-3-1-7-22(24)28)40-32(42)26-17-21(44-16-13-36)18-27(37-26)33(43)41-31-20-29(46-15-6-12-35)23-8-2-4-10-25(23)39-31/h1-4,7-10,17-20H,5-6,11-16,34-36H2,(H,38,40,42)(H,39,41,43). The van der Waals surface area contributed by atoms with Crippen molar-refractivity contribution < 1.29 is 23.8 Å². The van der Waals surface area contributed by atoms with E-state index in [4.69, 9.17) is 31.4 Å². The average molecular weight is 625 g/mol. The number of hydrogen-bond donors (Lipinski definition) is 5. The lowest BCUT2D eigenvalue weighted by Crippen LogP contribution is -2.20. The molecule has 3 aromatic heterocycles. The molecule has 8 N–H and O–H groups in total. The lowest BCUT2D eigenvalue weighted by atomic mass is 10.2. The molecule has 0 radical (unpaired) electrons. The second-order valence-electron chi connectivity index (χ2n) is 10.1. The first-order chi connectivity index (χ1) is 22.5. The maximum Gasteiger partial charge on any atom is 0.275 e. The third kappa shape index (κ3) is 8.01. The van der Waals surface area contributed by atoms with Crippen LogP contribution in [-0.4, -0.2) is 66.2 Å². The summed E-state index contributed by atoms with van der Waals surface area (Å²) in [6.45, 7) is 2.18. The summed E-state index contributed by atoms with van der Waals surface area (Å²) in [6.07, 6.45) is 1.33. The lowest BCUT2D eigenvalue weighted by Gasteiger charge is -2.14. The summed E-state index contributed by atoms with van der Waals surface area (Å²) < 4.78 is 17.5. The molecule has 13 heteroatoms. The van der Waals surface area contributed by atoms with Gasteiger partial charge in [0.25, 0.3) is 11.8 Å². The molecule has 13 nitrogen and oxygen atoms in total. The smallest absolute Gasteiger partial charge is 0.275 e. The minimum atomic E-state index is -0.609. The van der Waals surface area contributed by atoms with Gasteiger partial charge in [0.1, 0.15) is 46.9 Å². The fourth-order valence-corrected chi connectivity index (χ4v) is 4.54. The van der Waals surface area contributed by atoms with Gasteiger partial charge in [-0.3, -0.25) is 9.59 Å². The van der Waals surface area contributed by atoms with Crippen molar-refractivity contribution in [2.45, 2.75) is 12.8 Å². The van der Waals surface area contributed by atoms with Gasteiger partial charge in [-0.25, -0.2) is 15.0 Å². The van der Waals surface area contributed by atoms with Gasteiger partial charge in [-0.1, -0.05) is 24.3 Å². The maximum absolute atomic E-state index is 13.5. The molecule has 0 unspecified atom stereocenters. The molecule has 0 spiro atoms. The number of hydrogen-bond acceptors (Lipinski definition) is 11. The highest BCUT2D eigenvalue weighted by Gasteiger charge is 2.19. The second kappa shape index (κ2) is 15.6. The predicted octanol–water partition coefficient (Wildman–Crippen LogP) is 3.48. The van der Waals surface area contributed by atoms with Crippen molar-refractivity contribution in [2.75, 3.05) is 50.1 Å². The monoisotopic (exact) mass is 624 g/mol. The Kier molecular flexibility index (Phi) is 10.8. The number of anilines is 2. The summed E-state index contributed by atoms with van der Waals surface area (Å²) in [5.74, 6) is 0.619. The topological polar surface area (TPSA) is 203 Å². The zero-order chi connectivity index (χ0) is 32.3. The Morgan fingerprint density at radius 1 is 0.587 bits per heavy atom. The number of ether oxygens (including phenoxy) is 3. The van der Waals surface area contributed by atoms with Crippen LogP contribution in [0.3, 0.4) is 0 Å². The summed E-state index contributed by atoms with van der Waals surface area (Å²) >= 11 is 0. The molecule has 2 amide bonds. The molecule has 0 aliphatic rings. The second-order valence-corrected chi connectivity index (χ2v) is 10.1. The van der Waals surface area contributed by atoms with Gasteiger partial charge in [-0.2, -0.15) is 0 Å². The molecule has 0 saturated heterocycles. The number of carbonyl (C=O) groups excluding carboxylic acids is 2. The van der Waals surface area contributed by atoms with Crippen molar-refractivity contribution in [1.82, 2.24) is 15.0 Å². The van der Waals surface area contributed by atoms with Crippen LogP contribution in [0.1, 0.15) is 33.8 Å². The summed E-state index contributed by atoms with van der Waals surface area (Å²) in [5.41, 5.74) is 18.0. The van der Waals surface area contributed by atoms with Crippen molar-refractivity contribution in [2.24, 2.45) is 17.2 Å². The van der Waals surface area contributed by atoms with Gasteiger partial charge in [0.2, 0.25) is 0 Å². The van der Waals surface area contributed by atoms with Gasteiger partial charge < -0.3 is 42.0 Å². The van der Waals surface area contributed by atoms with Crippen molar-refractivity contribution in [3.8, 4) is 17.2 Å². The number of benzene rings is 2. The first-order valence-corrected chi connectivity index (χ1v) is 14.9. The van der Waals surface area contributed by atoms with Crippen LogP contribution in [-0.2, 0) is 0 Å². The van der Waals surface area contributed by atoms with Gasteiger partial charge in [0.05, 0.1) is 24.2 Å². The highest BCUT2D eigenvalue weighted by molar-refractivity contribution is 6.07. The van der Waals surface area contributed by atoms with E-state index in [0.717, 1.165) is 10.8 Å². The van der Waals surface area contributed by atoms with E-state index >= 15 is 0 Å². The first-order valence-electron chi connectivity index (χ1n) is 14.9. The molecule has 0 aliphatic heterocycles. The van der Waals surface area contributed by atoms with Gasteiger partial charge in [0.15, 0.2) is 0 Å². The van der Waals surface area contributed by atoms with Gasteiger partial charge in [-0.05, 0) is 50.2 Å². The third-order valence-electron chi connectivity index (χ3n) is 6.70. The van der Waals surface area contributed by atoms with Crippen molar-refractivity contribution in [3.63, 3.8) is 0 Å². The highest BCUT2D eigenvalue weighted by atomic mass is 16.5. The Labute approximate surface area is 265 Å². The molecule has 5 aromatic rings. The molecule has 2 aromatic carbocycles. The quantitative estimate of drug-likeness (QED) is 0.107. The third-order valence-corrected chi connectivity index (χ3v) is 6.70. The molecule has 0 aliphatic carbocycles. The minimum Gasteiger partial charge on any atom is -0.493 e. The van der Waals surface area contributed by atoms with Crippen LogP contribution in [0.15, 0.2) is 72.8 Å². The van der Waals surface area contributed by atoms with Crippen LogP contribution in [0.25, 0.3) is 21.8 Å². The fraction of sp³-hybridized carbons (Fsp3) is 0.242. The van der Waals surface area contributed by atoms with E-state index in [1.807, 2.05) is 48.5 Å². The summed E-state index contributed by atoms with van der Waals surface area (Å²) in [6, 6.07) is 21.0. The number of aromatic nitrogens is 3. The molecule has 46 heavy (non-hydrogen) atoms. The predicted molar refractivity (Wildman–Crippen MR) is 177 cm³/mol. The lowest BCUT2D eigenvalue weighted by molar-refractivity contribution is 0.101. The fourth-order valence-electron chi connectivity index (χ4n) is 4.54. The van der Waals surface area contributed by atoms with Crippen LogP contribution < -0.4 is 42.0 Å². The Hall–Kier alpha value is -5.37. The molecule has 3 heterocycles. The van der Waals surface area contributed by atoms with E-state index in [1.54, 1.807) is 12.1 Å². The molecule has 238 valence electrons. The number of fused-ring (bicyclic) bond motifs is 2. The zero-order valence-corrected chi connectivity index (χ0v) is 25.2. The summed E-state index contributed by atoms with van der Waals surface area (Å²) in [4.78, 5) is 40.4. The number of nitrogens with one attached hydrogen (secondary N) is 2. The number of pyridine rings is 3. The Balaban J connectivity index is 1.42. The van der Waals surface area contributed by atoms with E-state index in [9.17, 15) is 9.59 Å². The van der Waals surface area contributed by atoms with Crippen LogP contribution in [0.2, 0.25) is 0 Å². The molecule has 0 saturated carbocycles. The Morgan fingerprint density at radius 3 is 1.52 bits per heavy atom. The minimum absolute atomic E-state index is 0.0718. The summed E-state index contributed by atoms with van der Waals surface area (Å²) in [5, 5.41) is 7.12. The summed E-state index contributed by atoms with van der Waals surface area (Å²) in [7, 11) is 0. The SMILES string of the molecule is NCCCOc1cc(NC(=O)c2cc(OCCN)cc(C(=O)Nc3cc(OCCCN)c4ccccc4n3)n2)nc2ccccc12. The zero-order valence-electron chi connectivity index (χ0n) is 25.2. The molecule has 5 rings (SSSR count).